The second-order valence-electron chi connectivity index (χ2n) is 6.52. The zero-order chi connectivity index (χ0) is 20.7. The molecule has 0 spiro atoms. The van der Waals surface area contributed by atoms with Gasteiger partial charge in [0.05, 0.1) is 22.1 Å². The third kappa shape index (κ3) is 3.46. The van der Waals surface area contributed by atoms with E-state index in [-0.39, 0.29) is 18.0 Å². The summed E-state index contributed by atoms with van der Waals surface area (Å²) in [5.41, 5.74) is 1.02. The molecule has 0 amide bonds. The van der Waals surface area contributed by atoms with Crippen LogP contribution in [0.1, 0.15) is 11.8 Å². The van der Waals surface area contributed by atoms with E-state index >= 15 is 0 Å². The highest BCUT2D eigenvalue weighted by Crippen LogP contribution is 2.34. The highest BCUT2D eigenvalue weighted by molar-refractivity contribution is 14.1. The number of nitrogens with zero attached hydrogens (tertiary/aromatic N) is 4. The average Bonchev–Trinajstić information content (AvgIpc) is 3.26. The number of halogens is 1. The Morgan fingerprint density at radius 1 is 1.14 bits per heavy atom. The number of aromatic nitrogens is 4. The molecule has 1 aliphatic rings. The zero-order valence-corrected chi connectivity index (χ0v) is 17.0. The minimum Gasteiger partial charge on any atom is -0.507 e. The molecule has 4 atom stereocenters. The molecule has 4 rings (SSSR count). The number of phenolic OH excluding ortho intramolecular Hbond substituents is 2. The molecule has 11 nitrogen and oxygen atoms in total. The Kier molecular flexibility index (Phi) is 5.44. The van der Waals surface area contributed by atoms with Crippen LogP contribution in [0, 0.1) is 3.57 Å². The number of rotatable bonds is 5. The molecule has 0 aliphatic carbocycles. The molecule has 3 heterocycles. The number of imidazole rings is 1. The van der Waals surface area contributed by atoms with E-state index in [1.807, 2.05) is 22.6 Å². The Balaban J connectivity index is 1.63. The molecule has 12 heteroatoms. The number of aliphatic hydroxyl groups excluding tert-OH is 3. The summed E-state index contributed by atoms with van der Waals surface area (Å²) in [6, 6.07) is 3.09. The van der Waals surface area contributed by atoms with E-state index in [0.717, 1.165) is 0 Å². The van der Waals surface area contributed by atoms with Crippen LogP contribution in [0.3, 0.4) is 0 Å². The van der Waals surface area contributed by atoms with E-state index in [1.54, 1.807) is 6.07 Å². The lowest BCUT2D eigenvalue weighted by Gasteiger charge is -2.16. The van der Waals surface area contributed by atoms with Gasteiger partial charge in [0.25, 0.3) is 0 Å². The van der Waals surface area contributed by atoms with Gasteiger partial charge in [0, 0.05) is 6.54 Å². The topological polar surface area (TPSA) is 166 Å². The predicted molar refractivity (Wildman–Crippen MR) is 108 cm³/mol. The third-order valence-electron chi connectivity index (χ3n) is 4.79. The van der Waals surface area contributed by atoms with Crippen LogP contribution in [-0.2, 0) is 11.3 Å². The quantitative estimate of drug-likeness (QED) is 0.256. The summed E-state index contributed by atoms with van der Waals surface area (Å²) in [4.78, 5) is 12.6. The maximum atomic E-state index is 10.2. The largest absolute Gasteiger partial charge is 0.507 e. The second kappa shape index (κ2) is 7.87. The number of aliphatic hydroxyl groups is 3. The summed E-state index contributed by atoms with van der Waals surface area (Å²) in [7, 11) is 0. The molecule has 29 heavy (non-hydrogen) atoms. The molecular weight excluding hydrogens is 497 g/mol. The predicted octanol–water partition coefficient (Wildman–Crippen LogP) is 0.0657. The summed E-state index contributed by atoms with van der Waals surface area (Å²) < 4.78 is 7.57. The molecule has 0 radical (unpaired) electrons. The normalized spacial score (nSPS) is 24.3. The van der Waals surface area contributed by atoms with Gasteiger partial charge < -0.3 is 35.6 Å². The molecule has 154 valence electrons. The number of benzene rings is 1. The SMILES string of the molecule is OC[C@H]1OC(n2cnc3c(NCc4c(O)ccc(I)c4O)ncnc32)[C@H](O)[C@@H]1O. The average molecular weight is 515 g/mol. The highest BCUT2D eigenvalue weighted by atomic mass is 127. The van der Waals surface area contributed by atoms with Gasteiger partial charge in [-0.05, 0) is 34.7 Å². The van der Waals surface area contributed by atoms with E-state index in [1.165, 1.54) is 23.3 Å². The van der Waals surface area contributed by atoms with Crippen molar-refractivity contribution >= 4 is 39.6 Å². The molecule has 1 unspecified atom stereocenters. The van der Waals surface area contributed by atoms with Gasteiger partial charge in [0.15, 0.2) is 23.2 Å². The first-order valence-corrected chi connectivity index (χ1v) is 9.73. The first-order chi connectivity index (χ1) is 13.9. The first kappa shape index (κ1) is 20.0. The lowest BCUT2D eigenvalue weighted by Crippen LogP contribution is -2.33. The lowest BCUT2D eigenvalue weighted by molar-refractivity contribution is -0.0511. The van der Waals surface area contributed by atoms with Crippen LogP contribution in [-0.4, -0.2) is 70.0 Å². The van der Waals surface area contributed by atoms with Crippen molar-refractivity contribution in [1.29, 1.82) is 0 Å². The summed E-state index contributed by atoms with van der Waals surface area (Å²) in [5, 5.41) is 52.7. The standard InChI is InChI=1S/C17H18IN5O6/c18-8-1-2-9(25)7(12(8)26)3-19-15-11-16(21-5-20-15)23(6-22-11)17-14(28)13(27)10(4-24)29-17/h1-2,5-6,10,13-14,17,24-28H,3-4H2,(H,19,20,21)/t10-,13-,14-,17?/m1/s1. The number of anilines is 1. The smallest absolute Gasteiger partial charge is 0.167 e. The molecule has 0 saturated carbocycles. The van der Waals surface area contributed by atoms with Crippen molar-refractivity contribution in [2.75, 3.05) is 11.9 Å². The van der Waals surface area contributed by atoms with Crippen molar-refractivity contribution in [3.05, 3.63) is 33.9 Å². The third-order valence-corrected chi connectivity index (χ3v) is 5.66. The van der Waals surface area contributed by atoms with Gasteiger partial charge in [-0.3, -0.25) is 4.57 Å². The molecule has 1 fully saturated rings. The maximum absolute atomic E-state index is 10.2. The van der Waals surface area contributed by atoms with Crippen molar-refractivity contribution in [1.82, 2.24) is 19.5 Å². The Bertz CT molecular complexity index is 1050. The number of aromatic hydroxyl groups is 2. The number of fused-ring (bicyclic) bond motifs is 1. The van der Waals surface area contributed by atoms with Crippen molar-refractivity contribution in [2.45, 2.75) is 31.1 Å². The summed E-state index contributed by atoms with van der Waals surface area (Å²) in [5.74, 6) is 0.261. The van der Waals surface area contributed by atoms with Crippen LogP contribution >= 0.6 is 22.6 Å². The van der Waals surface area contributed by atoms with Gasteiger partial charge in [0.2, 0.25) is 0 Å². The minimum absolute atomic E-state index is 0.0274. The van der Waals surface area contributed by atoms with E-state index in [2.05, 4.69) is 20.3 Å². The molecular formula is C17H18IN5O6. The van der Waals surface area contributed by atoms with Crippen LogP contribution in [0.15, 0.2) is 24.8 Å². The van der Waals surface area contributed by atoms with E-state index in [9.17, 15) is 25.5 Å². The van der Waals surface area contributed by atoms with Crippen LogP contribution in [0.25, 0.3) is 11.2 Å². The van der Waals surface area contributed by atoms with Gasteiger partial charge >= 0.3 is 0 Å². The number of ether oxygens (including phenoxy) is 1. The van der Waals surface area contributed by atoms with E-state index in [4.69, 9.17) is 4.74 Å². The Morgan fingerprint density at radius 3 is 2.66 bits per heavy atom. The fraction of sp³-hybridized carbons (Fsp3) is 0.353. The van der Waals surface area contributed by atoms with E-state index < -0.39 is 31.1 Å². The number of hydrogen-bond donors (Lipinski definition) is 6. The molecule has 6 N–H and O–H groups in total. The molecule has 3 aromatic rings. The van der Waals surface area contributed by atoms with Gasteiger partial charge in [0.1, 0.15) is 36.1 Å². The monoisotopic (exact) mass is 515 g/mol. The Labute approximate surface area is 177 Å². The van der Waals surface area contributed by atoms with Crippen LogP contribution < -0.4 is 5.32 Å². The van der Waals surface area contributed by atoms with Crippen LogP contribution in [0.5, 0.6) is 11.5 Å². The summed E-state index contributed by atoms with van der Waals surface area (Å²) in [6.45, 7) is -0.354. The first-order valence-electron chi connectivity index (χ1n) is 8.65. The summed E-state index contributed by atoms with van der Waals surface area (Å²) >= 11 is 1.96. The highest BCUT2D eigenvalue weighted by Gasteiger charge is 2.44. The van der Waals surface area contributed by atoms with Crippen molar-refractivity contribution in [3.8, 4) is 11.5 Å². The zero-order valence-electron chi connectivity index (χ0n) is 14.8. The lowest BCUT2D eigenvalue weighted by atomic mass is 10.1. The molecule has 1 aliphatic heterocycles. The molecule has 1 aromatic carbocycles. The molecule has 0 bridgehead atoms. The number of hydrogen-bond acceptors (Lipinski definition) is 10. The van der Waals surface area contributed by atoms with Crippen molar-refractivity contribution in [3.63, 3.8) is 0 Å². The summed E-state index contributed by atoms with van der Waals surface area (Å²) in [6.07, 6.45) is -1.72. The number of phenols is 2. The molecule has 2 aromatic heterocycles. The van der Waals surface area contributed by atoms with Crippen LogP contribution in [0.2, 0.25) is 0 Å². The van der Waals surface area contributed by atoms with Gasteiger partial charge in [-0.1, -0.05) is 0 Å². The van der Waals surface area contributed by atoms with Crippen molar-refractivity contribution < 1.29 is 30.3 Å². The van der Waals surface area contributed by atoms with Gasteiger partial charge in [-0.2, -0.15) is 0 Å². The fourth-order valence-electron chi connectivity index (χ4n) is 3.22. The second-order valence-corrected chi connectivity index (χ2v) is 7.68. The van der Waals surface area contributed by atoms with Gasteiger partial charge in [-0.25, -0.2) is 15.0 Å². The van der Waals surface area contributed by atoms with Crippen molar-refractivity contribution in [2.24, 2.45) is 0 Å². The Morgan fingerprint density at radius 2 is 1.93 bits per heavy atom. The Hall–Kier alpha value is -2.26. The minimum atomic E-state index is -1.27. The van der Waals surface area contributed by atoms with Crippen LogP contribution in [0.4, 0.5) is 5.82 Å². The fourth-order valence-corrected chi connectivity index (χ4v) is 3.73. The number of nitrogens with one attached hydrogen (secondary N) is 1. The van der Waals surface area contributed by atoms with Gasteiger partial charge in [-0.15, -0.1) is 0 Å². The maximum Gasteiger partial charge on any atom is 0.167 e. The van der Waals surface area contributed by atoms with E-state index in [0.29, 0.717) is 26.1 Å². The molecule has 1 saturated heterocycles.